The van der Waals surface area contributed by atoms with E-state index in [0.717, 1.165) is 6.08 Å². The molecule has 1 saturated heterocycles. The largest absolute Gasteiger partial charge is 0.301 e. The molecule has 1 atom stereocenters. The molecule has 11 heavy (non-hydrogen) atoms. The normalized spacial score (nSPS) is 28.4. The van der Waals surface area contributed by atoms with Crippen molar-refractivity contribution in [1.82, 2.24) is 5.32 Å². The summed E-state index contributed by atoms with van der Waals surface area (Å²) < 4.78 is 24.9. The molecule has 1 heterocycles. The molecule has 1 N–H and O–H groups in total. The van der Waals surface area contributed by atoms with Crippen LogP contribution in [0.4, 0.5) is 8.78 Å². The topological polar surface area (TPSA) is 29.1 Å². The van der Waals surface area contributed by atoms with Gasteiger partial charge in [0.1, 0.15) is 0 Å². The lowest BCUT2D eigenvalue weighted by atomic mass is 10.1. The van der Waals surface area contributed by atoms with Crippen molar-refractivity contribution < 1.29 is 13.6 Å². The van der Waals surface area contributed by atoms with Gasteiger partial charge in [-0.15, -0.1) is 0 Å². The minimum absolute atomic E-state index is 0.359. The molecule has 0 aromatic rings. The SMILES string of the molecule is C=CC(=O)[C@H]1CC(F)(F)CN1. The van der Waals surface area contributed by atoms with E-state index in [1.54, 1.807) is 0 Å². The molecule has 0 unspecified atom stereocenters. The first kappa shape index (κ1) is 8.33. The highest BCUT2D eigenvalue weighted by molar-refractivity contribution is 5.94. The predicted octanol–water partition coefficient (Wildman–Crippen LogP) is 0.739. The Morgan fingerprint density at radius 2 is 2.36 bits per heavy atom. The summed E-state index contributed by atoms with van der Waals surface area (Å²) in [4.78, 5) is 10.8. The van der Waals surface area contributed by atoms with E-state index < -0.39 is 24.9 Å². The van der Waals surface area contributed by atoms with Crippen LogP contribution in [-0.4, -0.2) is 24.3 Å². The summed E-state index contributed by atoms with van der Waals surface area (Å²) in [5.41, 5.74) is 0. The Kier molecular flexibility index (Phi) is 2.04. The summed E-state index contributed by atoms with van der Waals surface area (Å²) in [7, 11) is 0. The van der Waals surface area contributed by atoms with Gasteiger partial charge in [-0.3, -0.25) is 4.79 Å². The van der Waals surface area contributed by atoms with Crippen molar-refractivity contribution >= 4 is 5.78 Å². The van der Waals surface area contributed by atoms with Crippen LogP contribution in [0.2, 0.25) is 0 Å². The molecule has 0 amide bonds. The number of carbonyl (C=O) groups is 1. The van der Waals surface area contributed by atoms with Crippen LogP contribution in [0.1, 0.15) is 6.42 Å². The molecule has 0 bridgehead atoms. The highest BCUT2D eigenvalue weighted by Crippen LogP contribution is 2.25. The van der Waals surface area contributed by atoms with Crippen LogP contribution in [0, 0.1) is 0 Å². The van der Waals surface area contributed by atoms with Crippen LogP contribution in [-0.2, 0) is 4.79 Å². The first-order chi connectivity index (χ1) is 5.05. The summed E-state index contributed by atoms with van der Waals surface area (Å²) in [5, 5.41) is 2.43. The van der Waals surface area contributed by atoms with Gasteiger partial charge < -0.3 is 5.32 Å². The molecule has 1 rings (SSSR count). The molecular formula is C7H9F2NO. The number of alkyl halides is 2. The lowest BCUT2D eigenvalue weighted by Crippen LogP contribution is -2.28. The van der Waals surface area contributed by atoms with Crippen molar-refractivity contribution in [2.24, 2.45) is 0 Å². The van der Waals surface area contributed by atoms with Crippen molar-refractivity contribution in [1.29, 1.82) is 0 Å². The molecule has 2 nitrogen and oxygen atoms in total. The summed E-state index contributed by atoms with van der Waals surface area (Å²) in [6.45, 7) is 2.81. The van der Waals surface area contributed by atoms with Crippen LogP contribution >= 0.6 is 0 Å². The van der Waals surface area contributed by atoms with E-state index in [1.165, 1.54) is 0 Å². The Balaban J connectivity index is 2.54. The Morgan fingerprint density at radius 3 is 2.73 bits per heavy atom. The van der Waals surface area contributed by atoms with Crippen molar-refractivity contribution in [2.45, 2.75) is 18.4 Å². The van der Waals surface area contributed by atoms with Gasteiger partial charge >= 0.3 is 0 Å². The highest BCUT2D eigenvalue weighted by atomic mass is 19.3. The van der Waals surface area contributed by atoms with Gasteiger partial charge in [0.2, 0.25) is 0 Å². The fourth-order valence-corrected chi connectivity index (χ4v) is 1.06. The van der Waals surface area contributed by atoms with Crippen LogP contribution in [0.15, 0.2) is 12.7 Å². The lowest BCUT2D eigenvalue weighted by Gasteiger charge is -2.05. The standard InChI is InChI=1S/C7H9F2NO/c1-2-6(11)5-3-7(8,9)4-10-5/h2,5,10H,1,3-4H2/t5-/m1/s1. The molecule has 0 spiro atoms. The fraction of sp³-hybridized carbons (Fsp3) is 0.571. The van der Waals surface area contributed by atoms with Gasteiger partial charge in [-0.2, -0.15) is 0 Å². The maximum absolute atomic E-state index is 12.4. The number of nitrogens with one attached hydrogen (secondary N) is 1. The molecule has 4 heteroatoms. The van der Waals surface area contributed by atoms with Gasteiger partial charge in [-0.25, -0.2) is 8.78 Å². The van der Waals surface area contributed by atoms with E-state index in [9.17, 15) is 13.6 Å². The van der Waals surface area contributed by atoms with E-state index in [0.29, 0.717) is 0 Å². The van der Waals surface area contributed by atoms with Crippen LogP contribution in [0.3, 0.4) is 0 Å². The molecule has 62 valence electrons. The first-order valence-corrected chi connectivity index (χ1v) is 3.33. The van der Waals surface area contributed by atoms with Crippen molar-refractivity contribution in [3.05, 3.63) is 12.7 Å². The van der Waals surface area contributed by atoms with Gasteiger partial charge in [-0.1, -0.05) is 6.58 Å². The van der Waals surface area contributed by atoms with Crippen LogP contribution < -0.4 is 5.32 Å². The summed E-state index contributed by atoms with van der Waals surface area (Å²) in [6, 6.07) is -0.734. The zero-order valence-corrected chi connectivity index (χ0v) is 5.94. The van der Waals surface area contributed by atoms with E-state index >= 15 is 0 Å². The third-order valence-electron chi connectivity index (χ3n) is 1.65. The second-order valence-electron chi connectivity index (χ2n) is 2.60. The molecule has 1 fully saturated rings. The van der Waals surface area contributed by atoms with Crippen molar-refractivity contribution in [2.75, 3.05) is 6.54 Å². The van der Waals surface area contributed by atoms with Gasteiger partial charge in [-0.05, 0) is 6.08 Å². The number of carbonyl (C=O) groups excluding carboxylic acids is 1. The fourth-order valence-electron chi connectivity index (χ4n) is 1.06. The first-order valence-electron chi connectivity index (χ1n) is 3.33. The van der Waals surface area contributed by atoms with Gasteiger partial charge in [0.15, 0.2) is 5.78 Å². The molecule has 1 aliphatic heterocycles. The summed E-state index contributed by atoms with van der Waals surface area (Å²) in [6.07, 6.45) is 0.664. The molecule has 0 aromatic carbocycles. The number of ketones is 1. The van der Waals surface area contributed by atoms with Crippen LogP contribution in [0.5, 0.6) is 0 Å². The quantitative estimate of drug-likeness (QED) is 0.605. The second-order valence-corrected chi connectivity index (χ2v) is 2.60. The Bertz CT molecular complexity index is 191. The maximum Gasteiger partial charge on any atom is 0.262 e. The third-order valence-corrected chi connectivity index (χ3v) is 1.65. The number of halogens is 2. The van der Waals surface area contributed by atoms with Gasteiger partial charge in [0, 0.05) is 6.42 Å². The molecule has 0 saturated carbocycles. The van der Waals surface area contributed by atoms with Gasteiger partial charge in [0.25, 0.3) is 5.92 Å². The third kappa shape index (κ3) is 1.83. The molecule has 0 radical (unpaired) electrons. The Labute approximate surface area is 63.3 Å². The lowest BCUT2D eigenvalue weighted by molar-refractivity contribution is -0.116. The smallest absolute Gasteiger partial charge is 0.262 e. The average molecular weight is 161 g/mol. The number of hydrogen-bond acceptors (Lipinski definition) is 2. The van der Waals surface area contributed by atoms with Crippen molar-refractivity contribution in [3.8, 4) is 0 Å². The molecule has 0 aromatic heterocycles. The van der Waals surface area contributed by atoms with E-state index in [1.807, 2.05) is 0 Å². The monoisotopic (exact) mass is 161 g/mol. The van der Waals surface area contributed by atoms with Gasteiger partial charge in [0.05, 0.1) is 12.6 Å². The predicted molar refractivity (Wildman–Crippen MR) is 36.6 cm³/mol. The Morgan fingerprint density at radius 1 is 1.73 bits per heavy atom. The minimum Gasteiger partial charge on any atom is -0.301 e. The molecular weight excluding hydrogens is 152 g/mol. The summed E-state index contributed by atoms with van der Waals surface area (Å²) >= 11 is 0. The maximum atomic E-state index is 12.4. The Hall–Kier alpha value is -0.770. The minimum atomic E-state index is -2.73. The average Bonchev–Trinajstić information content (AvgIpc) is 2.29. The number of rotatable bonds is 2. The van der Waals surface area contributed by atoms with E-state index in [2.05, 4.69) is 11.9 Å². The zero-order valence-electron chi connectivity index (χ0n) is 5.94. The van der Waals surface area contributed by atoms with Crippen LogP contribution in [0.25, 0.3) is 0 Å². The number of hydrogen-bond donors (Lipinski definition) is 1. The van der Waals surface area contributed by atoms with E-state index in [4.69, 9.17) is 0 Å². The van der Waals surface area contributed by atoms with Crippen molar-refractivity contribution in [3.63, 3.8) is 0 Å². The zero-order chi connectivity index (χ0) is 8.48. The van der Waals surface area contributed by atoms with E-state index in [-0.39, 0.29) is 5.78 Å². The summed E-state index contributed by atoms with van der Waals surface area (Å²) in [5.74, 6) is -3.09. The molecule has 0 aliphatic carbocycles. The highest BCUT2D eigenvalue weighted by Gasteiger charge is 2.41. The molecule has 1 aliphatic rings. The second kappa shape index (κ2) is 2.70.